The van der Waals surface area contributed by atoms with Gasteiger partial charge in [-0.15, -0.1) is 0 Å². The van der Waals surface area contributed by atoms with Gasteiger partial charge in [0.1, 0.15) is 0 Å². The first-order chi connectivity index (χ1) is 2.27. The highest BCUT2D eigenvalue weighted by atomic mass is 35.5. The van der Waals surface area contributed by atoms with Crippen molar-refractivity contribution in [3.63, 3.8) is 0 Å². The molecule has 0 aromatic rings. The minimum atomic E-state index is 0.650. The first kappa shape index (κ1) is 5.35. The molecule has 0 atom stereocenters. The van der Waals surface area contributed by atoms with Crippen molar-refractivity contribution in [2.24, 2.45) is 0 Å². The van der Waals surface area contributed by atoms with Gasteiger partial charge in [0.2, 0.25) is 6.69 Å². The van der Waals surface area contributed by atoms with E-state index in [-0.39, 0.29) is 0 Å². The lowest BCUT2D eigenvalue weighted by atomic mass is 9.91. The van der Waals surface area contributed by atoms with Crippen LogP contribution in [0.4, 0.5) is 0 Å². The van der Waals surface area contributed by atoms with Crippen molar-refractivity contribution in [3.05, 3.63) is 0 Å². The second-order valence-corrected chi connectivity index (χ2v) is 1.86. The summed E-state index contributed by atoms with van der Waals surface area (Å²) in [6.45, 7) is 4.96. The zero-order chi connectivity index (χ0) is 4.28. The average molecular weight is 90.4 g/mol. The molecule has 0 N–H and O–H groups in total. The second-order valence-electron chi connectivity index (χ2n) is 1.55. The molecule has 0 aromatic heterocycles. The van der Waals surface area contributed by atoms with Crippen molar-refractivity contribution in [1.82, 2.24) is 0 Å². The third-order valence-electron chi connectivity index (χ3n) is 0.309. The zero-order valence-electron chi connectivity index (χ0n) is 3.66. The molecule has 0 aliphatic carbocycles. The van der Waals surface area contributed by atoms with Gasteiger partial charge < -0.3 is 0 Å². The molecule has 0 radical (unpaired) electrons. The zero-order valence-corrected chi connectivity index (χ0v) is 4.42. The van der Waals surface area contributed by atoms with Crippen LogP contribution in [0.25, 0.3) is 0 Å². The van der Waals surface area contributed by atoms with Crippen LogP contribution in [0.5, 0.6) is 0 Å². The lowest BCUT2D eigenvalue weighted by molar-refractivity contribution is 1.07. The molecule has 0 fully saturated rings. The van der Waals surface area contributed by atoms with Gasteiger partial charge in [-0.25, -0.2) is 11.5 Å². The highest BCUT2D eigenvalue weighted by Gasteiger charge is 1.86. The van der Waals surface area contributed by atoms with Crippen LogP contribution < -0.4 is 0 Å². The van der Waals surface area contributed by atoms with Gasteiger partial charge in [-0.2, -0.15) is 0 Å². The predicted molar refractivity (Wildman–Crippen MR) is 28.1 cm³/mol. The van der Waals surface area contributed by atoms with Gasteiger partial charge in [-0.05, 0) is 0 Å². The maximum atomic E-state index is 5.34. The Morgan fingerprint density at radius 3 is 1.80 bits per heavy atom. The van der Waals surface area contributed by atoms with E-state index >= 15 is 0 Å². The predicted octanol–water partition coefficient (Wildman–Crippen LogP) is 1.41. The summed E-state index contributed by atoms with van der Waals surface area (Å²) in [7, 11) is 0. The van der Waals surface area contributed by atoms with Crippen LogP contribution in [-0.2, 0) is 0 Å². The van der Waals surface area contributed by atoms with Crippen LogP contribution in [0.2, 0.25) is 5.82 Å². The van der Waals surface area contributed by atoms with Crippen molar-refractivity contribution < 1.29 is 0 Å². The van der Waals surface area contributed by atoms with E-state index in [0.29, 0.717) is 5.82 Å². The van der Waals surface area contributed by atoms with E-state index in [1.807, 2.05) is 0 Å². The van der Waals surface area contributed by atoms with E-state index in [1.54, 1.807) is 0 Å². The molecular formula is C3H8BCl. The summed E-state index contributed by atoms with van der Waals surface area (Å²) in [6.07, 6.45) is 0. The van der Waals surface area contributed by atoms with E-state index in [2.05, 4.69) is 13.8 Å². The molecule has 0 unspecified atom stereocenters. The highest BCUT2D eigenvalue weighted by Crippen LogP contribution is 1.96. The fraction of sp³-hybridized carbons (Fsp3) is 1.00. The lowest BCUT2D eigenvalue weighted by Crippen LogP contribution is -1.80. The molecule has 0 rings (SSSR count). The van der Waals surface area contributed by atoms with Gasteiger partial charge in [0.15, 0.2) is 0 Å². The van der Waals surface area contributed by atoms with E-state index < -0.39 is 0 Å². The molecule has 0 aromatic carbocycles. The Morgan fingerprint density at radius 2 is 1.80 bits per heavy atom. The Hall–Kier alpha value is 0.355. The maximum Gasteiger partial charge on any atom is 0.235 e. The normalized spacial score (nSPS) is 8.80. The number of halogens is 1. The first-order valence-electron chi connectivity index (χ1n) is 1.83. The van der Waals surface area contributed by atoms with E-state index in [4.69, 9.17) is 11.5 Å². The van der Waals surface area contributed by atoms with Crippen LogP contribution in [0.1, 0.15) is 13.8 Å². The molecule has 0 saturated carbocycles. The Morgan fingerprint density at radius 1 is 1.60 bits per heavy atom. The summed E-state index contributed by atoms with van der Waals surface area (Å²) < 4.78 is 0. The van der Waals surface area contributed by atoms with Crippen molar-refractivity contribution in [1.29, 1.82) is 0 Å². The molecule has 2 heteroatoms. The minimum Gasteiger partial charge on any atom is -0.201 e. The molecule has 30 valence electrons. The summed E-state index contributed by atoms with van der Waals surface area (Å²) in [4.78, 5) is 0. The Labute approximate surface area is 38.7 Å². The van der Waals surface area contributed by atoms with Crippen LogP contribution in [-0.4, -0.2) is 6.69 Å². The molecular weight excluding hydrogens is 82.3 g/mol. The quantitative estimate of drug-likeness (QED) is 0.427. The molecule has 0 bridgehead atoms. The summed E-state index contributed by atoms with van der Waals surface area (Å²) in [5, 5.41) is 0. The van der Waals surface area contributed by atoms with Gasteiger partial charge in [0.05, 0.1) is 0 Å². The standard InChI is InChI=1S/C3H8BCl/c1-3(2)4-5/h3-4H,1-2H3. The van der Waals surface area contributed by atoms with Crippen LogP contribution >= 0.6 is 11.5 Å². The number of hydrogen-bond acceptors (Lipinski definition) is 0. The molecule has 0 aliphatic heterocycles. The highest BCUT2D eigenvalue weighted by molar-refractivity contribution is 6.94. The van der Waals surface area contributed by atoms with Crippen molar-refractivity contribution >= 4 is 18.2 Å². The van der Waals surface area contributed by atoms with E-state index in [9.17, 15) is 0 Å². The topological polar surface area (TPSA) is 0 Å². The van der Waals surface area contributed by atoms with Gasteiger partial charge in [0, 0.05) is 0 Å². The number of hydrogen-bond donors (Lipinski definition) is 0. The SMILES string of the molecule is CC(C)BCl. The summed E-state index contributed by atoms with van der Waals surface area (Å²) in [6, 6.07) is 0. The van der Waals surface area contributed by atoms with Crippen molar-refractivity contribution in [3.8, 4) is 0 Å². The average Bonchev–Trinajstić information content (AvgIpc) is 1.38. The molecule has 0 spiro atoms. The third-order valence-corrected chi connectivity index (χ3v) is 0.926. The van der Waals surface area contributed by atoms with Gasteiger partial charge in [-0.1, -0.05) is 19.7 Å². The van der Waals surface area contributed by atoms with Gasteiger partial charge >= 0.3 is 0 Å². The Kier molecular flexibility index (Phi) is 2.77. The van der Waals surface area contributed by atoms with E-state index in [0.717, 1.165) is 6.69 Å². The fourth-order valence-corrected chi connectivity index (χ4v) is 0. The van der Waals surface area contributed by atoms with Crippen LogP contribution in [0.15, 0.2) is 0 Å². The van der Waals surface area contributed by atoms with Crippen molar-refractivity contribution in [2.75, 3.05) is 0 Å². The Balaban J connectivity index is 2.54. The summed E-state index contributed by atoms with van der Waals surface area (Å²) >= 11 is 5.34. The molecule has 0 nitrogen and oxygen atoms in total. The smallest absolute Gasteiger partial charge is 0.201 e. The molecule has 5 heavy (non-hydrogen) atoms. The molecule has 0 heterocycles. The Bertz CT molecular complexity index is 20.9. The number of rotatable bonds is 1. The van der Waals surface area contributed by atoms with Gasteiger partial charge in [0.25, 0.3) is 0 Å². The van der Waals surface area contributed by atoms with Crippen molar-refractivity contribution in [2.45, 2.75) is 19.7 Å². The first-order valence-corrected chi connectivity index (χ1v) is 2.36. The summed E-state index contributed by atoms with van der Waals surface area (Å²) in [5.74, 6) is 0.650. The minimum absolute atomic E-state index is 0.650. The van der Waals surface area contributed by atoms with Gasteiger partial charge in [-0.3, -0.25) is 0 Å². The fourth-order valence-electron chi connectivity index (χ4n) is 0. The lowest BCUT2D eigenvalue weighted by Gasteiger charge is -1.85. The molecule has 0 amide bonds. The monoisotopic (exact) mass is 90.0 g/mol. The third kappa shape index (κ3) is 4.35. The largest absolute Gasteiger partial charge is 0.235 e. The van der Waals surface area contributed by atoms with Crippen LogP contribution in [0.3, 0.4) is 0 Å². The molecule has 0 saturated heterocycles. The maximum absolute atomic E-state index is 5.34. The second kappa shape index (κ2) is 2.58. The van der Waals surface area contributed by atoms with Crippen LogP contribution in [0, 0.1) is 0 Å². The van der Waals surface area contributed by atoms with E-state index in [1.165, 1.54) is 0 Å². The summed E-state index contributed by atoms with van der Waals surface area (Å²) in [5.41, 5.74) is 0. The molecule has 0 aliphatic rings.